The van der Waals surface area contributed by atoms with Gasteiger partial charge in [-0.25, -0.2) is 0 Å². The molecule has 4 heteroatoms. The normalized spacial score (nSPS) is 24.9. The molecule has 0 aromatic heterocycles. The van der Waals surface area contributed by atoms with E-state index >= 15 is 0 Å². The van der Waals surface area contributed by atoms with Crippen molar-refractivity contribution in [2.24, 2.45) is 5.92 Å². The number of carbonyl (C=O) groups excluding carboxylic acids is 2. The maximum Gasteiger partial charge on any atom is 0.234 e. The average Bonchev–Trinajstić information content (AvgIpc) is 2.39. The van der Waals surface area contributed by atoms with Crippen molar-refractivity contribution in [3.8, 4) is 0 Å². The molecule has 0 bridgehead atoms. The van der Waals surface area contributed by atoms with Crippen LogP contribution in [0, 0.1) is 5.92 Å². The van der Waals surface area contributed by atoms with E-state index < -0.39 is 0 Å². The lowest BCUT2D eigenvalue weighted by molar-refractivity contribution is -0.144. The van der Waals surface area contributed by atoms with Gasteiger partial charge in [0.1, 0.15) is 0 Å². The molecule has 15 heavy (non-hydrogen) atoms. The highest BCUT2D eigenvalue weighted by Gasteiger charge is 2.45. The highest BCUT2D eigenvalue weighted by molar-refractivity contribution is 7.99. The molecule has 0 aromatic rings. The largest absolute Gasteiger partial charge is 0.277 e. The van der Waals surface area contributed by atoms with Gasteiger partial charge in [0.15, 0.2) is 0 Å². The first-order valence-electron chi connectivity index (χ1n) is 5.18. The number of likely N-dealkylation sites (tertiary alicyclic amines) is 1. The monoisotopic (exact) mass is 229 g/mol. The van der Waals surface area contributed by atoms with Crippen molar-refractivity contribution < 1.29 is 9.59 Å². The van der Waals surface area contributed by atoms with Crippen molar-refractivity contribution in [2.45, 2.75) is 44.9 Å². The van der Waals surface area contributed by atoms with Gasteiger partial charge in [-0.15, -0.1) is 0 Å². The van der Waals surface area contributed by atoms with E-state index in [1.807, 2.05) is 34.0 Å². The Morgan fingerprint density at radius 2 is 1.93 bits per heavy atom. The molecule has 1 saturated heterocycles. The van der Waals surface area contributed by atoms with E-state index in [9.17, 15) is 9.59 Å². The number of hydrogen-bond donors (Lipinski definition) is 0. The maximum absolute atomic E-state index is 12.1. The van der Waals surface area contributed by atoms with Crippen LogP contribution in [0.1, 0.15) is 34.1 Å². The quantitative estimate of drug-likeness (QED) is 0.679. The standard InChI is InChI=1S/C11H19NO2S/c1-7(15-5)8-6-9(13)12(10(8)14)11(2,3)4/h7-8H,6H2,1-5H3. The first kappa shape index (κ1) is 12.6. The van der Waals surface area contributed by atoms with E-state index in [1.165, 1.54) is 4.90 Å². The zero-order chi connectivity index (χ0) is 11.8. The number of amides is 2. The molecule has 2 amide bonds. The highest BCUT2D eigenvalue weighted by atomic mass is 32.2. The van der Waals surface area contributed by atoms with Crippen LogP contribution in [0.3, 0.4) is 0 Å². The third-order valence-electron chi connectivity index (χ3n) is 2.79. The molecular weight excluding hydrogens is 210 g/mol. The van der Waals surface area contributed by atoms with Gasteiger partial charge >= 0.3 is 0 Å². The first-order chi connectivity index (χ1) is 6.79. The zero-order valence-corrected chi connectivity index (χ0v) is 10.9. The fraction of sp³-hybridized carbons (Fsp3) is 0.818. The predicted molar refractivity (Wildman–Crippen MR) is 62.7 cm³/mol. The van der Waals surface area contributed by atoms with Crippen molar-refractivity contribution in [3.05, 3.63) is 0 Å². The SMILES string of the molecule is CSC(C)C1CC(=O)N(C(C)(C)C)C1=O. The summed E-state index contributed by atoms with van der Waals surface area (Å²) < 4.78 is 0. The van der Waals surface area contributed by atoms with Gasteiger partial charge in [-0.2, -0.15) is 11.8 Å². The molecule has 1 heterocycles. The number of imide groups is 1. The van der Waals surface area contributed by atoms with Crippen LogP contribution < -0.4 is 0 Å². The Kier molecular flexibility index (Phi) is 3.48. The minimum atomic E-state index is -0.388. The molecule has 0 aliphatic carbocycles. The van der Waals surface area contributed by atoms with E-state index in [2.05, 4.69) is 0 Å². The second-order valence-corrected chi connectivity index (χ2v) is 6.20. The molecule has 0 aromatic carbocycles. The molecule has 2 unspecified atom stereocenters. The minimum Gasteiger partial charge on any atom is -0.277 e. The molecule has 86 valence electrons. The summed E-state index contributed by atoms with van der Waals surface area (Å²) in [5.74, 6) is -0.167. The Morgan fingerprint density at radius 3 is 2.27 bits per heavy atom. The molecule has 0 saturated carbocycles. The van der Waals surface area contributed by atoms with E-state index in [-0.39, 0.29) is 28.5 Å². The van der Waals surface area contributed by atoms with E-state index in [1.54, 1.807) is 11.8 Å². The number of rotatable bonds is 2. The van der Waals surface area contributed by atoms with Crippen LogP contribution in [0.15, 0.2) is 0 Å². The molecule has 2 atom stereocenters. The van der Waals surface area contributed by atoms with Gasteiger partial charge in [0.05, 0.1) is 5.92 Å². The number of carbonyl (C=O) groups is 2. The third kappa shape index (κ3) is 2.36. The van der Waals surface area contributed by atoms with Crippen molar-refractivity contribution >= 4 is 23.6 Å². The van der Waals surface area contributed by atoms with Gasteiger partial charge in [-0.05, 0) is 27.0 Å². The molecule has 0 spiro atoms. The van der Waals surface area contributed by atoms with Crippen LogP contribution in [0.5, 0.6) is 0 Å². The van der Waals surface area contributed by atoms with Crippen LogP contribution in [0.25, 0.3) is 0 Å². The van der Waals surface area contributed by atoms with Crippen molar-refractivity contribution in [3.63, 3.8) is 0 Å². The summed E-state index contributed by atoms with van der Waals surface area (Å²) in [5.41, 5.74) is -0.388. The van der Waals surface area contributed by atoms with Gasteiger partial charge in [0, 0.05) is 17.2 Å². The minimum absolute atomic E-state index is 0.00523. The van der Waals surface area contributed by atoms with E-state index in [0.29, 0.717) is 6.42 Å². The third-order valence-corrected chi connectivity index (χ3v) is 3.86. The van der Waals surface area contributed by atoms with Crippen molar-refractivity contribution in [1.29, 1.82) is 0 Å². The maximum atomic E-state index is 12.1. The zero-order valence-electron chi connectivity index (χ0n) is 10.0. The number of thioether (sulfide) groups is 1. The predicted octanol–water partition coefficient (Wildman–Crippen LogP) is 1.91. The van der Waals surface area contributed by atoms with Crippen LogP contribution in [0.2, 0.25) is 0 Å². The summed E-state index contributed by atoms with van der Waals surface area (Å²) in [6.07, 6.45) is 2.35. The molecule has 3 nitrogen and oxygen atoms in total. The summed E-state index contributed by atoms with van der Waals surface area (Å²) in [4.78, 5) is 25.2. The van der Waals surface area contributed by atoms with Crippen LogP contribution in [-0.4, -0.2) is 33.8 Å². The Bertz CT molecular complexity index is 283. The first-order valence-corrected chi connectivity index (χ1v) is 6.47. The smallest absolute Gasteiger partial charge is 0.234 e. The van der Waals surface area contributed by atoms with Crippen LogP contribution in [0.4, 0.5) is 0 Å². The topological polar surface area (TPSA) is 37.4 Å². The Balaban J connectivity index is 2.89. The van der Waals surface area contributed by atoms with Gasteiger partial charge in [-0.3, -0.25) is 14.5 Å². The summed E-state index contributed by atoms with van der Waals surface area (Å²) in [6, 6.07) is 0. The van der Waals surface area contributed by atoms with Crippen molar-refractivity contribution in [2.75, 3.05) is 6.26 Å². The summed E-state index contributed by atoms with van der Waals surface area (Å²) in [6.45, 7) is 7.70. The lowest BCUT2D eigenvalue weighted by atomic mass is 10.0. The number of nitrogens with zero attached hydrogens (tertiary/aromatic N) is 1. The lowest BCUT2D eigenvalue weighted by Crippen LogP contribution is -2.46. The van der Waals surface area contributed by atoms with Crippen molar-refractivity contribution in [1.82, 2.24) is 4.90 Å². The molecule has 1 rings (SSSR count). The van der Waals surface area contributed by atoms with E-state index in [4.69, 9.17) is 0 Å². The van der Waals surface area contributed by atoms with Gasteiger partial charge in [-0.1, -0.05) is 6.92 Å². The summed E-state index contributed by atoms with van der Waals surface area (Å²) in [5, 5.41) is 0.216. The van der Waals surface area contributed by atoms with Crippen LogP contribution >= 0.6 is 11.8 Å². The molecule has 1 aliphatic heterocycles. The summed E-state index contributed by atoms with van der Waals surface area (Å²) >= 11 is 1.64. The fourth-order valence-corrected chi connectivity index (χ4v) is 2.43. The highest BCUT2D eigenvalue weighted by Crippen LogP contribution is 2.32. The molecule has 1 aliphatic rings. The van der Waals surface area contributed by atoms with E-state index in [0.717, 1.165) is 0 Å². The van der Waals surface area contributed by atoms with Gasteiger partial charge in [0.25, 0.3) is 0 Å². The van der Waals surface area contributed by atoms with Crippen LogP contribution in [-0.2, 0) is 9.59 Å². The Hall–Kier alpha value is -0.510. The Labute approximate surface area is 95.6 Å². The molecule has 0 N–H and O–H groups in total. The lowest BCUT2D eigenvalue weighted by Gasteiger charge is -2.30. The average molecular weight is 229 g/mol. The molecule has 0 radical (unpaired) electrons. The van der Waals surface area contributed by atoms with Gasteiger partial charge in [0.2, 0.25) is 11.8 Å². The Morgan fingerprint density at radius 1 is 1.40 bits per heavy atom. The summed E-state index contributed by atoms with van der Waals surface area (Å²) in [7, 11) is 0. The molecular formula is C11H19NO2S. The second kappa shape index (κ2) is 4.16. The van der Waals surface area contributed by atoms with Gasteiger partial charge < -0.3 is 0 Å². The molecule has 1 fully saturated rings. The second-order valence-electron chi connectivity index (χ2n) is 4.99. The fourth-order valence-electron chi connectivity index (χ4n) is 1.89. The number of hydrogen-bond acceptors (Lipinski definition) is 3.